The summed E-state index contributed by atoms with van der Waals surface area (Å²) in [6.45, 7) is 6.88. The number of ether oxygens (including phenoxy) is 1. The van der Waals surface area contributed by atoms with Crippen LogP contribution >= 0.6 is 7.82 Å². The Hall–Kier alpha value is -3.33. The van der Waals surface area contributed by atoms with Crippen LogP contribution in [0, 0.1) is 0 Å². The quantitative estimate of drug-likeness (QED) is 0.0205. The maximum absolute atomic E-state index is 13.5. The van der Waals surface area contributed by atoms with Gasteiger partial charge in [0.05, 0.1) is 33.8 Å². The normalized spacial score (nSPS) is 14.5. The van der Waals surface area contributed by atoms with Gasteiger partial charge in [-0.3, -0.25) is 18.6 Å². The van der Waals surface area contributed by atoms with Crippen molar-refractivity contribution in [2.24, 2.45) is 0 Å². The van der Waals surface area contributed by atoms with Crippen LogP contribution in [0.5, 0.6) is 0 Å². The van der Waals surface area contributed by atoms with Crippen molar-refractivity contribution in [3.05, 3.63) is 109 Å². The van der Waals surface area contributed by atoms with Crippen molar-refractivity contribution < 1.29 is 37.3 Å². The lowest BCUT2D eigenvalue weighted by atomic mass is 10.1. The summed E-state index contributed by atoms with van der Waals surface area (Å²) in [7, 11) is 1.44. The van der Waals surface area contributed by atoms with E-state index in [0.717, 1.165) is 96.3 Å². The second-order valence-corrected chi connectivity index (χ2v) is 22.6. The van der Waals surface area contributed by atoms with Crippen LogP contribution < -0.4 is 5.32 Å². The smallest absolute Gasteiger partial charge is 0.456 e. The lowest BCUT2D eigenvalue weighted by molar-refractivity contribution is -0.870. The van der Waals surface area contributed by atoms with E-state index in [0.29, 0.717) is 30.3 Å². The molecule has 0 saturated carbocycles. The molecule has 0 spiro atoms. The highest BCUT2D eigenvalue weighted by molar-refractivity contribution is 7.47. The molecular formula is C65H114N2O7P+. The van der Waals surface area contributed by atoms with E-state index in [-0.39, 0.29) is 31.5 Å². The van der Waals surface area contributed by atoms with Gasteiger partial charge in [-0.05, 0) is 115 Å². The molecule has 0 bridgehead atoms. The van der Waals surface area contributed by atoms with Gasteiger partial charge in [0.2, 0.25) is 5.91 Å². The number of nitrogens with one attached hydrogen (secondary N) is 1. The zero-order valence-electron chi connectivity index (χ0n) is 49.0. The van der Waals surface area contributed by atoms with Crippen LogP contribution in [0.4, 0.5) is 0 Å². The SMILES string of the molecule is CCCCC/C=C\C/C=C\C/C=C\C/C=C\CCCCCCCC(=O)NC(COP(=O)(O)OCC[N+](C)(C)C)C(/C=C\CCCCCCCCCCC)OC(=O)CCC/C=C\C/C=C\C/C=C\C/C=C\CCCCC. The van der Waals surface area contributed by atoms with Gasteiger partial charge < -0.3 is 19.4 Å². The number of hydrogen-bond acceptors (Lipinski definition) is 6. The molecule has 0 aliphatic rings. The third-order valence-corrected chi connectivity index (χ3v) is 13.7. The molecule has 3 atom stereocenters. The van der Waals surface area contributed by atoms with E-state index in [9.17, 15) is 19.0 Å². The van der Waals surface area contributed by atoms with Gasteiger partial charge in [-0.1, -0.05) is 220 Å². The first-order valence-corrected chi connectivity index (χ1v) is 31.7. The average molecular weight is 1070 g/mol. The van der Waals surface area contributed by atoms with Crippen molar-refractivity contribution in [3.8, 4) is 0 Å². The predicted octanol–water partition coefficient (Wildman–Crippen LogP) is 18.6. The number of phosphoric acid groups is 1. The number of nitrogens with zero attached hydrogens (tertiary/aromatic N) is 1. The Morgan fingerprint density at radius 1 is 0.467 bits per heavy atom. The van der Waals surface area contributed by atoms with Crippen LogP contribution in [0.1, 0.15) is 239 Å². The molecule has 0 aromatic heterocycles. The molecule has 430 valence electrons. The summed E-state index contributed by atoms with van der Waals surface area (Å²) < 4.78 is 30.6. The second-order valence-electron chi connectivity index (χ2n) is 21.2. The van der Waals surface area contributed by atoms with Crippen LogP contribution in [0.25, 0.3) is 0 Å². The summed E-state index contributed by atoms with van der Waals surface area (Å²) >= 11 is 0. The lowest BCUT2D eigenvalue weighted by Gasteiger charge is -2.27. The molecule has 2 N–H and O–H groups in total. The van der Waals surface area contributed by atoms with E-state index in [1.165, 1.54) is 96.3 Å². The number of unbranched alkanes of at least 4 members (excludes halogenated alkanes) is 21. The van der Waals surface area contributed by atoms with Crippen molar-refractivity contribution in [2.45, 2.75) is 251 Å². The Kier molecular flexibility index (Phi) is 51.6. The summed E-state index contributed by atoms with van der Waals surface area (Å²) in [5.41, 5.74) is 0. The zero-order chi connectivity index (χ0) is 55.0. The number of rotatable bonds is 53. The standard InChI is InChI=1S/C65H113N2O7P/c1-7-10-13-16-19-22-25-27-29-31-32-33-34-36-37-39-42-45-48-51-54-57-64(68)66-62(61-73-75(70,71)72-60-59-67(4,5)6)63(56-53-50-47-44-41-24-21-18-15-12-9-3)74-65(69)58-55-52-49-46-43-40-38-35-30-28-26-23-20-17-14-11-8-2/h19-20,22-23,27-30,32-33,36-38,40,46,49,53,56,62-63H,7-18,21,24-26,31,34-35,39,41-45,47-48,50-52,54-55,57-61H2,1-6H3,(H-,66,68,70,71)/p+1/b22-19-,23-20-,29-27-,30-28-,33-32-,37-36-,40-38-,49-46-,56-53-. The van der Waals surface area contributed by atoms with Gasteiger partial charge in [-0.2, -0.15) is 0 Å². The van der Waals surface area contributed by atoms with Crippen molar-refractivity contribution in [2.75, 3.05) is 40.9 Å². The molecule has 0 radical (unpaired) electrons. The number of allylic oxidation sites excluding steroid dienone is 17. The molecule has 75 heavy (non-hydrogen) atoms. The maximum atomic E-state index is 13.5. The Morgan fingerprint density at radius 3 is 1.27 bits per heavy atom. The van der Waals surface area contributed by atoms with Crippen molar-refractivity contribution in [3.63, 3.8) is 0 Å². The number of quaternary nitrogens is 1. The van der Waals surface area contributed by atoms with Gasteiger partial charge in [0, 0.05) is 12.8 Å². The molecular weight excluding hydrogens is 952 g/mol. The molecule has 0 heterocycles. The molecule has 0 saturated heterocycles. The number of carbonyl (C=O) groups excluding carboxylic acids is 2. The summed E-state index contributed by atoms with van der Waals surface area (Å²) in [4.78, 5) is 37.6. The van der Waals surface area contributed by atoms with Gasteiger partial charge in [-0.25, -0.2) is 4.57 Å². The van der Waals surface area contributed by atoms with Crippen molar-refractivity contribution >= 4 is 19.7 Å². The molecule has 0 aliphatic heterocycles. The fourth-order valence-electron chi connectivity index (χ4n) is 7.97. The largest absolute Gasteiger partial charge is 0.472 e. The van der Waals surface area contributed by atoms with E-state index in [2.05, 4.69) is 123 Å². The van der Waals surface area contributed by atoms with Crippen LogP contribution in [0.3, 0.4) is 0 Å². The minimum Gasteiger partial charge on any atom is -0.456 e. The second kappa shape index (κ2) is 54.0. The minimum atomic E-state index is -4.47. The Bertz CT molecular complexity index is 1650. The Morgan fingerprint density at radius 2 is 0.827 bits per heavy atom. The highest BCUT2D eigenvalue weighted by Crippen LogP contribution is 2.43. The van der Waals surface area contributed by atoms with E-state index >= 15 is 0 Å². The number of phosphoric ester groups is 1. The molecule has 0 aromatic rings. The van der Waals surface area contributed by atoms with Crippen LogP contribution in [0.2, 0.25) is 0 Å². The van der Waals surface area contributed by atoms with E-state index in [1.54, 1.807) is 0 Å². The number of carbonyl (C=O) groups is 2. The minimum absolute atomic E-state index is 0.0222. The van der Waals surface area contributed by atoms with E-state index in [4.69, 9.17) is 13.8 Å². The van der Waals surface area contributed by atoms with E-state index in [1.807, 2.05) is 33.3 Å². The zero-order valence-corrected chi connectivity index (χ0v) is 49.9. The van der Waals surface area contributed by atoms with Crippen LogP contribution in [0.15, 0.2) is 109 Å². The molecule has 9 nitrogen and oxygen atoms in total. The first-order chi connectivity index (χ1) is 36.4. The average Bonchev–Trinajstić information content (AvgIpc) is 3.37. The maximum Gasteiger partial charge on any atom is 0.472 e. The topological polar surface area (TPSA) is 111 Å². The third kappa shape index (κ3) is 55.2. The molecule has 3 unspecified atom stereocenters. The monoisotopic (exact) mass is 1070 g/mol. The lowest BCUT2D eigenvalue weighted by Crippen LogP contribution is -2.47. The predicted molar refractivity (Wildman–Crippen MR) is 323 cm³/mol. The number of hydrogen-bond donors (Lipinski definition) is 2. The fraction of sp³-hybridized carbons (Fsp3) is 0.692. The van der Waals surface area contributed by atoms with Gasteiger partial charge >= 0.3 is 13.8 Å². The summed E-state index contributed by atoms with van der Waals surface area (Å²) in [5, 5.41) is 3.02. The molecule has 0 rings (SSSR count). The van der Waals surface area contributed by atoms with Crippen molar-refractivity contribution in [1.29, 1.82) is 0 Å². The highest BCUT2D eigenvalue weighted by atomic mass is 31.2. The summed E-state index contributed by atoms with van der Waals surface area (Å²) in [6.07, 6.45) is 73.8. The van der Waals surface area contributed by atoms with Gasteiger partial charge in [-0.15, -0.1) is 0 Å². The van der Waals surface area contributed by atoms with Gasteiger partial charge in [0.1, 0.15) is 19.3 Å². The van der Waals surface area contributed by atoms with Gasteiger partial charge in [0.15, 0.2) is 0 Å². The molecule has 1 amide bonds. The number of amides is 1. The van der Waals surface area contributed by atoms with Crippen LogP contribution in [-0.2, 0) is 27.9 Å². The number of esters is 1. The fourth-order valence-corrected chi connectivity index (χ4v) is 8.71. The molecule has 0 aromatic carbocycles. The first-order valence-electron chi connectivity index (χ1n) is 30.2. The Labute approximate surface area is 461 Å². The van der Waals surface area contributed by atoms with Crippen LogP contribution in [-0.4, -0.2) is 74.3 Å². The molecule has 0 aliphatic carbocycles. The molecule has 0 fully saturated rings. The molecule has 10 heteroatoms. The summed E-state index contributed by atoms with van der Waals surface area (Å²) in [5.74, 6) is -0.599. The Balaban J connectivity index is 5.38. The van der Waals surface area contributed by atoms with Crippen molar-refractivity contribution in [1.82, 2.24) is 5.32 Å². The highest BCUT2D eigenvalue weighted by Gasteiger charge is 2.30. The van der Waals surface area contributed by atoms with E-state index < -0.39 is 20.0 Å². The summed E-state index contributed by atoms with van der Waals surface area (Å²) in [6, 6.07) is -0.887. The first kappa shape index (κ1) is 71.7. The number of likely N-dealkylation sites (N-methyl/N-ethyl adjacent to an activating group) is 1. The third-order valence-electron chi connectivity index (χ3n) is 12.7. The van der Waals surface area contributed by atoms with Gasteiger partial charge in [0.25, 0.3) is 0 Å².